The van der Waals surface area contributed by atoms with Gasteiger partial charge in [-0.1, -0.05) is 17.4 Å². The smallest absolute Gasteiger partial charge is 0.261 e. The van der Waals surface area contributed by atoms with Crippen molar-refractivity contribution in [3.8, 4) is 17.2 Å². The average Bonchev–Trinajstić information content (AvgIpc) is 3.03. The highest BCUT2D eigenvalue weighted by Gasteiger charge is 2.16. The number of carbonyl (C=O) groups is 1. The van der Waals surface area contributed by atoms with Crippen LogP contribution in [0.3, 0.4) is 0 Å². The quantitative estimate of drug-likeness (QED) is 0.766. The standard InChI is InChI=1S/C17H16N2O4S/c1-21-10-7-8-11(13(9-10)23-3)16(20)19-17-18-15-12(22-2)5-4-6-14(15)24-17/h4-9H,1-3H3,(H,18,19,20). The van der Waals surface area contributed by atoms with Gasteiger partial charge in [0.2, 0.25) is 0 Å². The highest BCUT2D eigenvalue weighted by atomic mass is 32.1. The number of anilines is 1. The van der Waals surface area contributed by atoms with Gasteiger partial charge in [-0.3, -0.25) is 10.1 Å². The zero-order valence-electron chi connectivity index (χ0n) is 13.5. The van der Waals surface area contributed by atoms with E-state index in [1.807, 2.05) is 18.2 Å². The molecule has 0 unspecified atom stereocenters. The first-order valence-corrected chi connectivity index (χ1v) is 7.95. The molecule has 0 aliphatic heterocycles. The van der Waals surface area contributed by atoms with Gasteiger partial charge in [0, 0.05) is 6.07 Å². The molecule has 2 aromatic carbocycles. The Balaban J connectivity index is 1.90. The fraction of sp³-hybridized carbons (Fsp3) is 0.176. The summed E-state index contributed by atoms with van der Waals surface area (Å²) in [6.45, 7) is 0. The van der Waals surface area contributed by atoms with Gasteiger partial charge >= 0.3 is 0 Å². The number of nitrogens with one attached hydrogen (secondary N) is 1. The molecule has 0 radical (unpaired) electrons. The number of amides is 1. The van der Waals surface area contributed by atoms with E-state index in [1.165, 1.54) is 18.4 Å². The summed E-state index contributed by atoms with van der Waals surface area (Å²) in [5.74, 6) is 1.43. The number of ether oxygens (including phenoxy) is 3. The topological polar surface area (TPSA) is 69.7 Å². The maximum absolute atomic E-state index is 12.5. The second-order valence-electron chi connectivity index (χ2n) is 4.85. The van der Waals surface area contributed by atoms with E-state index in [0.717, 1.165) is 10.2 Å². The summed E-state index contributed by atoms with van der Waals surface area (Å²) in [5.41, 5.74) is 1.13. The molecule has 3 rings (SSSR count). The molecule has 6 nitrogen and oxygen atoms in total. The van der Waals surface area contributed by atoms with Crippen molar-refractivity contribution in [2.45, 2.75) is 0 Å². The van der Waals surface area contributed by atoms with Crippen molar-refractivity contribution in [2.75, 3.05) is 26.6 Å². The van der Waals surface area contributed by atoms with Gasteiger partial charge in [-0.2, -0.15) is 0 Å². The number of benzene rings is 2. The number of rotatable bonds is 5. The summed E-state index contributed by atoms with van der Waals surface area (Å²) in [7, 11) is 4.66. The lowest BCUT2D eigenvalue weighted by Crippen LogP contribution is -2.13. The van der Waals surface area contributed by atoms with Crippen LogP contribution in [0.15, 0.2) is 36.4 Å². The van der Waals surface area contributed by atoms with Crippen LogP contribution in [0.2, 0.25) is 0 Å². The van der Waals surface area contributed by atoms with Gasteiger partial charge in [-0.25, -0.2) is 4.98 Å². The number of nitrogens with zero attached hydrogens (tertiary/aromatic N) is 1. The monoisotopic (exact) mass is 344 g/mol. The van der Waals surface area contributed by atoms with Gasteiger partial charge in [-0.15, -0.1) is 0 Å². The third-order valence-electron chi connectivity index (χ3n) is 3.48. The third-order valence-corrected chi connectivity index (χ3v) is 4.41. The van der Waals surface area contributed by atoms with Crippen molar-refractivity contribution in [1.82, 2.24) is 4.98 Å². The van der Waals surface area contributed by atoms with Crippen molar-refractivity contribution < 1.29 is 19.0 Å². The van der Waals surface area contributed by atoms with E-state index >= 15 is 0 Å². The second-order valence-corrected chi connectivity index (χ2v) is 5.88. The summed E-state index contributed by atoms with van der Waals surface area (Å²) >= 11 is 1.38. The Morgan fingerprint density at radius 1 is 1.04 bits per heavy atom. The molecule has 0 fully saturated rings. The molecule has 1 aromatic heterocycles. The number of methoxy groups -OCH3 is 3. The lowest BCUT2D eigenvalue weighted by atomic mass is 10.2. The molecule has 7 heteroatoms. The largest absolute Gasteiger partial charge is 0.497 e. The highest BCUT2D eigenvalue weighted by Crippen LogP contribution is 2.33. The minimum atomic E-state index is -0.299. The summed E-state index contributed by atoms with van der Waals surface area (Å²) in [4.78, 5) is 17.0. The fourth-order valence-electron chi connectivity index (χ4n) is 2.29. The molecule has 0 spiro atoms. The molecular formula is C17H16N2O4S. The van der Waals surface area contributed by atoms with Crippen molar-refractivity contribution in [3.63, 3.8) is 0 Å². The Labute approximate surface area is 143 Å². The Morgan fingerprint density at radius 2 is 1.83 bits per heavy atom. The summed E-state index contributed by atoms with van der Waals surface area (Å²) in [6, 6.07) is 10.7. The normalized spacial score (nSPS) is 10.5. The minimum Gasteiger partial charge on any atom is -0.497 e. The third kappa shape index (κ3) is 2.98. The predicted molar refractivity (Wildman–Crippen MR) is 93.7 cm³/mol. The van der Waals surface area contributed by atoms with Crippen LogP contribution in [0.25, 0.3) is 10.2 Å². The van der Waals surface area contributed by atoms with E-state index in [4.69, 9.17) is 14.2 Å². The van der Waals surface area contributed by atoms with E-state index in [0.29, 0.717) is 27.9 Å². The van der Waals surface area contributed by atoms with Gasteiger partial charge in [0.15, 0.2) is 5.13 Å². The summed E-state index contributed by atoms with van der Waals surface area (Å²) < 4.78 is 16.6. The molecule has 0 aliphatic carbocycles. The molecule has 24 heavy (non-hydrogen) atoms. The number of para-hydroxylation sites is 1. The zero-order chi connectivity index (χ0) is 17.1. The molecule has 3 aromatic rings. The van der Waals surface area contributed by atoms with Gasteiger partial charge in [0.25, 0.3) is 5.91 Å². The number of aromatic nitrogens is 1. The number of hydrogen-bond donors (Lipinski definition) is 1. The van der Waals surface area contributed by atoms with E-state index < -0.39 is 0 Å². The van der Waals surface area contributed by atoms with Crippen molar-refractivity contribution >= 4 is 32.6 Å². The molecule has 1 N–H and O–H groups in total. The molecule has 0 saturated carbocycles. The SMILES string of the molecule is COc1ccc(C(=O)Nc2nc3c(OC)cccc3s2)c(OC)c1. The fourth-order valence-corrected chi connectivity index (χ4v) is 3.17. The Kier molecular flexibility index (Phi) is 4.52. The van der Waals surface area contributed by atoms with Crippen LogP contribution in [0.5, 0.6) is 17.2 Å². The summed E-state index contributed by atoms with van der Waals surface area (Å²) in [6.07, 6.45) is 0. The molecule has 124 valence electrons. The highest BCUT2D eigenvalue weighted by molar-refractivity contribution is 7.22. The average molecular weight is 344 g/mol. The van der Waals surface area contributed by atoms with Crippen molar-refractivity contribution in [1.29, 1.82) is 0 Å². The molecule has 0 bridgehead atoms. The van der Waals surface area contributed by atoms with Crippen LogP contribution in [0.4, 0.5) is 5.13 Å². The van der Waals surface area contributed by atoms with E-state index in [1.54, 1.807) is 32.4 Å². The zero-order valence-corrected chi connectivity index (χ0v) is 14.3. The van der Waals surface area contributed by atoms with E-state index in [9.17, 15) is 4.79 Å². The number of carbonyl (C=O) groups excluding carboxylic acids is 1. The van der Waals surface area contributed by atoms with Crippen LogP contribution in [0.1, 0.15) is 10.4 Å². The molecule has 0 aliphatic rings. The molecule has 0 atom stereocenters. The minimum absolute atomic E-state index is 0.299. The first-order valence-electron chi connectivity index (χ1n) is 7.13. The molecule has 0 saturated heterocycles. The number of thiazole rings is 1. The summed E-state index contributed by atoms with van der Waals surface area (Å²) in [5, 5.41) is 3.30. The first-order chi connectivity index (χ1) is 11.7. The Hall–Kier alpha value is -2.80. The van der Waals surface area contributed by atoms with E-state index in [-0.39, 0.29) is 5.91 Å². The van der Waals surface area contributed by atoms with Crippen LogP contribution in [-0.4, -0.2) is 32.2 Å². The van der Waals surface area contributed by atoms with Crippen molar-refractivity contribution in [3.05, 3.63) is 42.0 Å². The maximum atomic E-state index is 12.5. The lowest BCUT2D eigenvalue weighted by molar-refractivity contribution is 0.102. The molecule has 1 heterocycles. The van der Waals surface area contributed by atoms with Gasteiger partial charge < -0.3 is 14.2 Å². The number of fused-ring (bicyclic) bond motifs is 1. The Bertz CT molecular complexity index is 891. The lowest BCUT2D eigenvalue weighted by Gasteiger charge is -2.09. The number of hydrogen-bond acceptors (Lipinski definition) is 6. The van der Waals surface area contributed by atoms with Crippen LogP contribution < -0.4 is 19.5 Å². The van der Waals surface area contributed by atoms with E-state index in [2.05, 4.69) is 10.3 Å². The Morgan fingerprint density at radius 3 is 2.54 bits per heavy atom. The second kappa shape index (κ2) is 6.76. The van der Waals surface area contributed by atoms with Crippen LogP contribution in [0, 0.1) is 0 Å². The first kappa shape index (κ1) is 16.1. The maximum Gasteiger partial charge on any atom is 0.261 e. The van der Waals surface area contributed by atoms with Gasteiger partial charge in [0.1, 0.15) is 22.8 Å². The molecular weight excluding hydrogens is 328 g/mol. The van der Waals surface area contributed by atoms with Crippen LogP contribution >= 0.6 is 11.3 Å². The van der Waals surface area contributed by atoms with Crippen molar-refractivity contribution in [2.24, 2.45) is 0 Å². The molecule has 1 amide bonds. The van der Waals surface area contributed by atoms with Crippen LogP contribution in [-0.2, 0) is 0 Å². The van der Waals surface area contributed by atoms with Gasteiger partial charge in [0.05, 0.1) is 31.6 Å². The van der Waals surface area contributed by atoms with Gasteiger partial charge in [-0.05, 0) is 24.3 Å². The predicted octanol–water partition coefficient (Wildman–Crippen LogP) is 3.57.